The average molecular weight is 250 g/mol. The standard InChI is InChI=1S/C15H22O3/c1-10(2)15(16,11(3)4)12-5-6-13-14(9-12)18-8-7-17-13/h5-6,9-11,16H,7-8H2,1-4H3. The molecule has 0 saturated heterocycles. The molecule has 0 bridgehead atoms. The Morgan fingerprint density at radius 1 is 1.00 bits per heavy atom. The van der Waals surface area contributed by atoms with Crippen LogP contribution in [0.25, 0.3) is 0 Å². The van der Waals surface area contributed by atoms with Gasteiger partial charge in [-0.15, -0.1) is 0 Å². The fraction of sp³-hybridized carbons (Fsp3) is 0.600. The Hall–Kier alpha value is -1.22. The number of ether oxygens (including phenoxy) is 2. The smallest absolute Gasteiger partial charge is 0.161 e. The van der Waals surface area contributed by atoms with Crippen LogP contribution in [-0.4, -0.2) is 18.3 Å². The lowest BCUT2D eigenvalue weighted by atomic mass is 9.75. The van der Waals surface area contributed by atoms with Crippen molar-refractivity contribution in [3.8, 4) is 11.5 Å². The summed E-state index contributed by atoms with van der Waals surface area (Å²) in [4.78, 5) is 0. The maximum Gasteiger partial charge on any atom is 0.161 e. The van der Waals surface area contributed by atoms with Gasteiger partial charge in [-0.25, -0.2) is 0 Å². The van der Waals surface area contributed by atoms with Gasteiger partial charge in [-0.2, -0.15) is 0 Å². The maximum absolute atomic E-state index is 10.9. The van der Waals surface area contributed by atoms with Crippen LogP contribution >= 0.6 is 0 Å². The van der Waals surface area contributed by atoms with Crippen LogP contribution in [0.2, 0.25) is 0 Å². The Morgan fingerprint density at radius 2 is 1.56 bits per heavy atom. The molecule has 1 N–H and O–H groups in total. The molecule has 0 aromatic heterocycles. The van der Waals surface area contributed by atoms with Gasteiger partial charge in [0.05, 0.1) is 5.60 Å². The number of benzene rings is 1. The second-order valence-electron chi connectivity index (χ2n) is 5.49. The summed E-state index contributed by atoms with van der Waals surface area (Å²) < 4.78 is 11.1. The molecule has 0 fully saturated rings. The van der Waals surface area contributed by atoms with Gasteiger partial charge in [-0.05, 0) is 29.5 Å². The first-order valence-corrected chi connectivity index (χ1v) is 6.58. The van der Waals surface area contributed by atoms with E-state index >= 15 is 0 Å². The summed E-state index contributed by atoms with van der Waals surface area (Å²) in [5.41, 5.74) is 0.0623. The van der Waals surface area contributed by atoms with Crippen LogP contribution < -0.4 is 9.47 Å². The molecule has 0 radical (unpaired) electrons. The summed E-state index contributed by atoms with van der Waals surface area (Å²) in [6.07, 6.45) is 0. The number of hydrogen-bond donors (Lipinski definition) is 1. The summed E-state index contributed by atoms with van der Waals surface area (Å²) in [5, 5.41) is 10.9. The highest BCUT2D eigenvalue weighted by molar-refractivity contribution is 5.45. The van der Waals surface area contributed by atoms with Crippen LogP contribution in [0.5, 0.6) is 11.5 Å². The first kappa shape index (κ1) is 13.2. The van der Waals surface area contributed by atoms with E-state index in [1.165, 1.54) is 0 Å². The molecule has 0 unspecified atom stereocenters. The average Bonchev–Trinajstić information content (AvgIpc) is 2.36. The van der Waals surface area contributed by atoms with E-state index in [2.05, 4.69) is 0 Å². The lowest BCUT2D eigenvalue weighted by molar-refractivity contribution is -0.0533. The van der Waals surface area contributed by atoms with Crippen molar-refractivity contribution in [2.24, 2.45) is 11.8 Å². The van der Waals surface area contributed by atoms with Gasteiger partial charge in [-0.3, -0.25) is 0 Å². The number of aliphatic hydroxyl groups is 1. The van der Waals surface area contributed by atoms with Crippen LogP contribution in [0, 0.1) is 11.8 Å². The third-order valence-corrected chi connectivity index (χ3v) is 3.77. The number of hydrogen-bond acceptors (Lipinski definition) is 3. The van der Waals surface area contributed by atoms with Gasteiger partial charge in [0.15, 0.2) is 11.5 Å². The Balaban J connectivity index is 2.43. The third kappa shape index (κ3) is 2.07. The predicted molar refractivity (Wildman–Crippen MR) is 71.0 cm³/mol. The highest BCUT2D eigenvalue weighted by Crippen LogP contribution is 2.41. The molecule has 2 rings (SSSR count). The quantitative estimate of drug-likeness (QED) is 0.896. The van der Waals surface area contributed by atoms with Crippen molar-refractivity contribution in [3.05, 3.63) is 23.8 Å². The van der Waals surface area contributed by atoms with E-state index in [1.54, 1.807) is 0 Å². The van der Waals surface area contributed by atoms with Crippen molar-refractivity contribution >= 4 is 0 Å². The van der Waals surface area contributed by atoms with Gasteiger partial charge in [-0.1, -0.05) is 33.8 Å². The predicted octanol–water partition coefficient (Wildman–Crippen LogP) is 2.96. The fourth-order valence-corrected chi connectivity index (χ4v) is 2.63. The Bertz CT molecular complexity index is 416. The summed E-state index contributed by atoms with van der Waals surface area (Å²) in [7, 11) is 0. The zero-order chi connectivity index (χ0) is 13.3. The monoisotopic (exact) mass is 250 g/mol. The lowest BCUT2D eigenvalue weighted by Crippen LogP contribution is -2.37. The van der Waals surface area contributed by atoms with Crippen molar-refractivity contribution in [2.45, 2.75) is 33.3 Å². The van der Waals surface area contributed by atoms with Gasteiger partial charge < -0.3 is 14.6 Å². The summed E-state index contributed by atoms with van der Waals surface area (Å²) in [6, 6.07) is 5.74. The highest BCUT2D eigenvalue weighted by Gasteiger charge is 2.37. The molecular weight excluding hydrogens is 228 g/mol. The molecule has 0 atom stereocenters. The minimum atomic E-state index is -0.837. The Morgan fingerprint density at radius 3 is 2.11 bits per heavy atom. The number of fused-ring (bicyclic) bond motifs is 1. The zero-order valence-corrected chi connectivity index (χ0v) is 11.6. The molecule has 3 nitrogen and oxygen atoms in total. The molecule has 1 aliphatic rings. The van der Waals surface area contributed by atoms with Gasteiger partial charge in [0.1, 0.15) is 13.2 Å². The maximum atomic E-state index is 10.9. The van der Waals surface area contributed by atoms with Gasteiger partial charge in [0.25, 0.3) is 0 Å². The van der Waals surface area contributed by atoms with Crippen molar-refractivity contribution in [3.63, 3.8) is 0 Å². The fourth-order valence-electron chi connectivity index (χ4n) is 2.63. The molecule has 0 spiro atoms. The summed E-state index contributed by atoms with van der Waals surface area (Å²) in [6.45, 7) is 9.31. The Kier molecular flexibility index (Phi) is 3.53. The first-order chi connectivity index (χ1) is 8.46. The largest absolute Gasteiger partial charge is 0.486 e. The van der Waals surface area contributed by atoms with Gasteiger partial charge in [0.2, 0.25) is 0 Å². The molecule has 18 heavy (non-hydrogen) atoms. The van der Waals surface area contributed by atoms with Crippen LogP contribution in [-0.2, 0) is 5.60 Å². The topological polar surface area (TPSA) is 38.7 Å². The van der Waals surface area contributed by atoms with Gasteiger partial charge >= 0.3 is 0 Å². The molecule has 100 valence electrons. The van der Waals surface area contributed by atoms with E-state index in [9.17, 15) is 5.11 Å². The molecule has 1 aromatic carbocycles. The summed E-state index contributed by atoms with van der Waals surface area (Å²) in [5.74, 6) is 1.78. The second kappa shape index (κ2) is 4.81. The normalized spacial score (nSPS) is 15.3. The highest BCUT2D eigenvalue weighted by atomic mass is 16.6. The molecular formula is C15H22O3. The minimum Gasteiger partial charge on any atom is -0.486 e. The van der Waals surface area contributed by atoms with E-state index in [0.29, 0.717) is 13.2 Å². The van der Waals surface area contributed by atoms with E-state index in [4.69, 9.17) is 9.47 Å². The van der Waals surface area contributed by atoms with E-state index < -0.39 is 5.60 Å². The lowest BCUT2D eigenvalue weighted by Gasteiger charge is -2.37. The van der Waals surface area contributed by atoms with Crippen LogP contribution in [0.1, 0.15) is 33.3 Å². The van der Waals surface area contributed by atoms with Crippen LogP contribution in [0.4, 0.5) is 0 Å². The zero-order valence-electron chi connectivity index (χ0n) is 11.6. The van der Waals surface area contributed by atoms with Gasteiger partial charge in [0, 0.05) is 0 Å². The molecule has 3 heteroatoms. The van der Waals surface area contributed by atoms with Crippen molar-refractivity contribution in [1.82, 2.24) is 0 Å². The molecule has 1 aromatic rings. The van der Waals surface area contributed by atoms with E-state index in [-0.39, 0.29) is 11.8 Å². The molecule has 0 amide bonds. The summed E-state index contributed by atoms with van der Waals surface area (Å²) >= 11 is 0. The molecule has 1 aliphatic heterocycles. The Labute approximate surface area is 109 Å². The van der Waals surface area contributed by atoms with E-state index in [1.807, 2.05) is 45.9 Å². The first-order valence-electron chi connectivity index (χ1n) is 6.58. The van der Waals surface area contributed by atoms with Crippen molar-refractivity contribution in [2.75, 3.05) is 13.2 Å². The molecule has 0 aliphatic carbocycles. The third-order valence-electron chi connectivity index (χ3n) is 3.77. The second-order valence-corrected chi connectivity index (χ2v) is 5.49. The molecule has 1 heterocycles. The van der Waals surface area contributed by atoms with Crippen molar-refractivity contribution < 1.29 is 14.6 Å². The van der Waals surface area contributed by atoms with Crippen LogP contribution in [0.3, 0.4) is 0 Å². The number of rotatable bonds is 3. The van der Waals surface area contributed by atoms with Crippen molar-refractivity contribution in [1.29, 1.82) is 0 Å². The minimum absolute atomic E-state index is 0.139. The SMILES string of the molecule is CC(C)C(O)(c1ccc2c(c1)OCCO2)C(C)C. The van der Waals surface area contributed by atoms with E-state index in [0.717, 1.165) is 17.1 Å². The molecule has 0 saturated carbocycles. The van der Waals surface area contributed by atoms with Crippen LogP contribution in [0.15, 0.2) is 18.2 Å².